The molecule has 2 atom stereocenters. The van der Waals surface area contributed by atoms with Gasteiger partial charge in [-0.25, -0.2) is 0 Å². The largest absolute Gasteiger partial charge is 1.00 e. The smallest absolute Gasteiger partial charge is 1.00 e. The van der Waals surface area contributed by atoms with E-state index in [1.807, 2.05) is 85.0 Å². The van der Waals surface area contributed by atoms with Gasteiger partial charge in [-0.3, -0.25) is 0 Å². The number of para-hydroxylation sites is 2. The number of hydrogen-bond donors (Lipinski definition) is 2. The standard InChI is InChI=1S/2C13H11NO.2ClH.Ti/c2*14-12-7-3-1-5-10(12)9-11-6-2-4-8-13(11)15;;;/h2*1-9,12,15H;2*1H;/q;;;;+2/p-2. The molecular formula is C26H22Cl2N2O2Ti. The van der Waals surface area contributed by atoms with Crippen LogP contribution < -0.4 is 24.8 Å². The van der Waals surface area contributed by atoms with Crippen molar-refractivity contribution in [1.29, 1.82) is 0 Å². The number of benzene rings is 2. The van der Waals surface area contributed by atoms with Gasteiger partial charge in [-0.05, 0) is 0 Å². The number of nitrogens with zero attached hydrogens (tertiary/aromatic N) is 2. The molecule has 2 aromatic rings. The molecule has 166 valence electrons. The van der Waals surface area contributed by atoms with E-state index in [0.29, 0.717) is 0 Å². The fourth-order valence-corrected chi connectivity index (χ4v) is 4.56. The molecule has 0 radical (unpaired) electrons. The molecule has 0 aliphatic heterocycles. The Morgan fingerprint density at radius 1 is 0.636 bits per heavy atom. The Balaban J connectivity index is 0.00000193. The Hall–Kier alpha value is -2.63. The zero-order chi connectivity index (χ0) is 21.5. The normalized spacial score (nSPS) is 21.0. The van der Waals surface area contributed by atoms with Gasteiger partial charge in [0.25, 0.3) is 0 Å². The molecule has 2 aliphatic rings. The summed E-state index contributed by atoms with van der Waals surface area (Å²) in [4.78, 5) is 0. The van der Waals surface area contributed by atoms with Crippen molar-refractivity contribution in [3.05, 3.63) is 119 Å². The van der Waals surface area contributed by atoms with Gasteiger partial charge in [0.15, 0.2) is 0 Å². The Bertz CT molecular complexity index is 1130. The van der Waals surface area contributed by atoms with Crippen molar-refractivity contribution in [2.75, 3.05) is 0 Å². The van der Waals surface area contributed by atoms with Crippen molar-refractivity contribution in [3.63, 3.8) is 0 Å². The molecule has 0 saturated carbocycles. The van der Waals surface area contributed by atoms with Crippen LogP contribution in [0.25, 0.3) is 12.2 Å². The first-order chi connectivity index (χ1) is 15.2. The molecule has 2 aromatic carbocycles. The quantitative estimate of drug-likeness (QED) is 0.567. The van der Waals surface area contributed by atoms with Gasteiger partial charge in [-0.1, -0.05) is 0 Å². The first-order valence-corrected chi connectivity index (χ1v) is 11.4. The zero-order valence-corrected chi connectivity index (χ0v) is 20.7. The van der Waals surface area contributed by atoms with E-state index in [1.165, 1.54) is 0 Å². The molecule has 7 heteroatoms. The van der Waals surface area contributed by atoms with Crippen LogP contribution in [-0.2, 0) is 18.8 Å². The van der Waals surface area contributed by atoms with Gasteiger partial charge in [0, 0.05) is 0 Å². The molecular weight excluding hydrogens is 491 g/mol. The second kappa shape index (κ2) is 13.2. The van der Waals surface area contributed by atoms with Crippen molar-refractivity contribution in [2.24, 2.45) is 6.84 Å². The molecule has 33 heavy (non-hydrogen) atoms. The summed E-state index contributed by atoms with van der Waals surface area (Å²) >= 11 is -0.926. The summed E-state index contributed by atoms with van der Waals surface area (Å²) in [6.07, 6.45) is 20.1. The molecule has 0 amide bonds. The van der Waals surface area contributed by atoms with E-state index < -0.39 is 18.8 Å². The van der Waals surface area contributed by atoms with Crippen molar-refractivity contribution in [2.45, 2.75) is 12.1 Å². The van der Waals surface area contributed by atoms with Crippen LogP contribution in [0.5, 0.6) is 11.5 Å². The second-order valence-corrected chi connectivity index (χ2v) is 8.26. The van der Waals surface area contributed by atoms with Crippen molar-refractivity contribution in [1.82, 2.24) is 0 Å². The van der Waals surface area contributed by atoms with E-state index in [0.717, 1.165) is 22.3 Å². The molecule has 2 N–H and O–H groups in total. The summed E-state index contributed by atoms with van der Waals surface area (Å²) in [6.45, 7) is 0. The molecule has 0 spiro atoms. The van der Waals surface area contributed by atoms with Crippen molar-refractivity contribution in [3.8, 4) is 11.5 Å². The first kappa shape index (κ1) is 26.6. The molecule has 2 unspecified atom stereocenters. The maximum atomic E-state index is 10.1. The molecule has 0 bridgehead atoms. The average molecular weight is 513 g/mol. The zero-order valence-electron chi connectivity index (χ0n) is 17.6. The van der Waals surface area contributed by atoms with Gasteiger partial charge in [-0.15, -0.1) is 0 Å². The third-order valence-corrected chi connectivity index (χ3v) is 6.21. The number of hydrogen-bond acceptors (Lipinski definition) is 4. The number of halogens is 2. The maximum Gasteiger partial charge on any atom is -1.00 e. The minimum absolute atomic E-state index is 0. The summed E-state index contributed by atoms with van der Waals surface area (Å²) in [5.41, 5.74) is 3.63. The van der Waals surface area contributed by atoms with Gasteiger partial charge in [0.1, 0.15) is 0 Å². The van der Waals surface area contributed by atoms with E-state index in [-0.39, 0.29) is 48.4 Å². The van der Waals surface area contributed by atoms with Crippen LogP contribution in [0.2, 0.25) is 0 Å². The monoisotopic (exact) mass is 512 g/mol. The van der Waals surface area contributed by atoms with Crippen LogP contribution in [0.1, 0.15) is 11.1 Å². The SMILES string of the molecule is Oc1ccccc1C=C1C=CC=CC1[N]=[Ti+2]=[N]C1C=CC=CC1=Cc1ccccc1O.[Cl-].[Cl-]. The van der Waals surface area contributed by atoms with Crippen LogP contribution in [0.3, 0.4) is 0 Å². The average Bonchev–Trinajstić information content (AvgIpc) is 2.79. The summed E-state index contributed by atoms with van der Waals surface area (Å²) in [5.74, 6) is 0.519. The third-order valence-electron chi connectivity index (χ3n) is 4.98. The summed E-state index contributed by atoms with van der Waals surface area (Å²) in [7, 11) is 0. The molecule has 0 heterocycles. The molecule has 0 saturated heterocycles. The summed E-state index contributed by atoms with van der Waals surface area (Å²) in [5, 5.41) is 20.2. The second-order valence-electron chi connectivity index (χ2n) is 7.14. The van der Waals surface area contributed by atoms with Crippen LogP contribution in [-0.4, -0.2) is 22.3 Å². The van der Waals surface area contributed by atoms with Crippen LogP contribution in [0.15, 0.2) is 115 Å². The molecule has 2 aliphatic carbocycles. The minimum atomic E-state index is -0.926. The minimum Gasteiger partial charge on any atom is -1.00 e. The fraction of sp³-hybridized carbons (Fsp3) is 0.0769. The molecule has 4 nitrogen and oxygen atoms in total. The Labute approximate surface area is 214 Å². The van der Waals surface area contributed by atoms with E-state index >= 15 is 0 Å². The van der Waals surface area contributed by atoms with Crippen LogP contribution in [0.4, 0.5) is 0 Å². The first-order valence-electron chi connectivity index (χ1n) is 10.0. The predicted octanol–water partition coefficient (Wildman–Crippen LogP) is 0.0117. The van der Waals surface area contributed by atoms with Gasteiger partial charge < -0.3 is 24.8 Å². The summed E-state index contributed by atoms with van der Waals surface area (Å²) < 4.78 is 9.76. The van der Waals surface area contributed by atoms with Crippen LogP contribution >= 0.6 is 0 Å². The molecule has 4 rings (SSSR count). The number of allylic oxidation sites excluding steroid dienone is 4. The Kier molecular flexibility index (Phi) is 10.6. The van der Waals surface area contributed by atoms with Crippen molar-refractivity contribution >= 4 is 12.2 Å². The molecule has 0 aromatic heterocycles. The van der Waals surface area contributed by atoms with Crippen LogP contribution in [0, 0.1) is 0 Å². The van der Waals surface area contributed by atoms with Gasteiger partial charge >= 0.3 is 191 Å². The Morgan fingerprint density at radius 2 is 1.06 bits per heavy atom. The number of rotatable bonds is 4. The van der Waals surface area contributed by atoms with Gasteiger partial charge in [-0.2, -0.15) is 0 Å². The number of aromatic hydroxyl groups is 2. The van der Waals surface area contributed by atoms with E-state index in [2.05, 4.69) is 12.2 Å². The fourth-order valence-electron chi connectivity index (χ4n) is 3.33. The van der Waals surface area contributed by atoms with E-state index in [4.69, 9.17) is 6.84 Å². The van der Waals surface area contributed by atoms with E-state index in [9.17, 15) is 10.2 Å². The van der Waals surface area contributed by atoms with Crippen molar-refractivity contribution < 1.29 is 53.8 Å². The maximum absolute atomic E-state index is 10.1. The van der Waals surface area contributed by atoms with E-state index in [1.54, 1.807) is 12.1 Å². The Morgan fingerprint density at radius 3 is 1.48 bits per heavy atom. The number of phenols is 2. The predicted molar refractivity (Wildman–Crippen MR) is 121 cm³/mol. The number of phenolic OH excluding ortho intramolecular Hbond substituents is 2. The van der Waals surface area contributed by atoms with Gasteiger partial charge in [0.2, 0.25) is 0 Å². The molecule has 0 fully saturated rings. The third kappa shape index (κ3) is 7.18. The topological polar surface area (TPSA) is 65.2 Å². The van der Waals surface area contributed by atoms with Gasteiger partial charge in [0.05, 0.1) is 0 Å². The summed E-state index contributed by atoms with van der Waals surface area (Å²) in [6, 6.07) is 14.5.